The number of carbonyl (C=O) groups excluding carboxylic acids is 1. The van der Waals surface area contributed by atoms with Crippen molar-refractivity contribution in [1.82, 2.24) is 20.2 Å². The molecule has 2 heterocycles. The topological polar surface area (TPSA) is 61.4 Å². The number of nitrogens with one attached hydrogen (secondary N) is 1. The zero-order valence-corrected chi connectivity index (χ0v) is 16.8. The highest BCUT2D eigenvalue weighted by atomic mass is 16.1. The van der Waals surface area contributed by atoms with E-state index in [1.54, 1.807) is 12.4 Å². The van der Waals surface area contributed by atoms with E-state index >= 15 is 0 Å². The summed E-state index contributed by atoms with van der Waals surface area (Å²) in [7, 11) is 0. The summed E-state index contributed by atoms with van der Waals surface area (Å²) in [5.74, 6) is 4.76. The van der Waals surface area contributed by atoms with Crippen LogP contribution in [0.5, 0.6) is 0 Å². The van der Waals surface area contributed by atoms with Crippen molar-refractivity contribution in [3.05, 3.63) is 18.5 Å². The van der Waals surface area contributed by atoms with Crippen molar-refractivity contribution in [3.63, 3.8) is 0 Å². The van der Waals surface area contributed by atoms with E-state index in [9.17, 15) is 4.79 Å². The molecule has 1 saturated heterocycles. The summed E-state index contributed by atoms with van der Waals surface area (Å²) in [6, 6.07) is 1.86. The molecule has 5 aliphatic rings. The lowest BCUT2D eigenvalue weighted by Crippen LogP contribution is -2.51. The van der Waals surface area contributed by atoms with Gasteiger partial charge in [0.1, 0.15) is 0 Å². The van der Waals surface area contributed by atoms with Gasteiger partial charge in [-0.25, -0.2) is 9.97 Å². The monoisotopic (exact) mass is 383 g/mol. The Hall–Kier alpha value is -1.69. The highest BCUT2D eigenvalue weighted by molar-refractivity contribution is 5.79. The Kier molecular flexibility index (Phi) is 5.22. The van der Waals surface area contributed by atoms with Crippen LogP contribution in [0, 0.1) is 29.6 Å². The number of hydrogen-bond donors (Lipinski definition) is 1. The third-order valence-corrected chi connectivity index (χ3v) is 7.69. The fourth-order valence-corrected chi connectivity index (χ4v) is 6.61. The van der Waals surface area contributed by atoms with Crippen molar-refractivity contribution in [2.75, 3.05) is 44.2 Å². The summed E-state index contributed by atoms with van der Waals surface area (Å²) in [6.07, 6.45) is 11.4. The Bertz CT molecular complexity index is 645. The lowest BCUT2D eigenvalue weighted by atomic mass is 9.51. The minimum atomic E-state index is 0.321. The predicted molar refractivity (Wildman–Crippen MR) is 109 cm³/mol. The number of hydrogen-bond acceptors (Lipinski definition) is 5. The number of amides is 1. The number of anilines is 1. The molecule has 0 atom stereocenters. The van der Waals surface area contributed by atoms with Crippen LogP contribution in [0.4, 0.5) is 5.95 Å². The van der Waals surface area contributed by atoms with Crippen LogP contribution in [0.3, 0.4) is 0 Å². The number of aromatic nitrogens is 2. The highest BCUT2D eigenvalue weighted by Crippen LogP contribution is 2.56. The second-order valence-corrected chi connectivity index (χ2v) is 9.48. The standard InChI is InChI=1S/C22H33N5O/c28-21(20-18-12-16-11-17(14-18)15-19(20)13-16)23-5-2-6-26-7-9-27(10-8-26)22-24-3-1-4-25-22/h1,3-4,16-20H,2,5-15H2,(H,23,28). The Morgan fingerprint density at radius 1 is 0.964 bits per heavy atom. The number of carbonyl (C=O) groups is 1. The van der Waals surface area contributed by atoms with Crippen LogP contribution in [0.15, 0.2) is 18.5 Å². The van der Waals surface area contributed by atoms with Crippen molar-refractivity contribution in [2.24, 2.45) is 29.6 Å². The van der Waals surface area contributed by atoms with E-state index in [1.807, 2.05) is 6.07 Å². The predicted octanol–water partition coefficient (Wildman–Crippen LogP) is 2.18. The molecule has 1 amide bonds. The lowest BCUT2D eigenvalue weighted by molar-refractivity contribution is -0.138. The molecule has 152 valence electrons. The van der Waals surface area contributed by atoms with Gasteiger partial charge in [-0.05, 0) is 74.8 Å². The maximum Gasteiger partial charge on any atom is 0.225 e. The van der Waals surface area contributed by atoms with Gasteiger partial charge in [-0.2, -0.15) is 0 Å². The van der Waals surface area contributed by atoms with Crippen LogP contribution in [-0.4, -0.2) is 60.0 Å². The molecule has 0 unspecified atom stereocenters. The Morgan fingerprint density at radius 2 is 1.61 bits per heavy atom. The van der Waals surface area contributed by atoms with Gasteiger partial charge in [-0.1, -0.05) is 0 Å². The third kappa shape index (κ3) is 3.76. The lowest BCUT2D eigenvalue weighted by Gasteiger charge is -2.53. The summed E-state index contributed by atoms with van der Waals surface area (Å²) in [5.41, 5.74) is 0. The molecule has 1 aromatic heterocycles. The quantitative estimate of drug-likeness (QED) is 0.763. The Balaban J connectivity index is 1.02. The van der Waals surface area contributed by atoms with E-state index < -0.39 is 0 Å². The third-order valence-electron chi connectivity index (χ3n) is 7.69. The molecular formula is C22H33N5O. The maximum absolute atomic E-state index is 12.8. The molecule has 28 heavy (non-hydrogen) atoms. The van der Waals surface area contributed by atoms with Gasteiger partial charge >= 0.3 is 0 Å². The first-order valence-electron chi connectivity index (χ1n) is 11.3. The van der Waals surface area contributed by atoms with Crippen LogP contribution >= 0.6 is 0 Å². The van der Waals surface area contributed by atoms with E-state index in [4.69, 9.17) is 0 Å². The summed E-state index contributed by atoms with van der Waals surface area (Å²) >= 11 is 0. The molecule has 4 aliphatic carbocycles. The van der Waals surface area contributed by atoms with Crippen molar-refractivity contribution in [2.45, 2.75) is 38.5 Å². The first kappa shape index (κ1) is 18.3. The maximum atomic E-state index is 12.8. The number of piperazine rings is 1. The largest absolute Gasteiger partial charge is 0.356 e. The zero-order valence-electron chi connectivity index (χ0n) is 16.8. The smallest absolute Gasteiger partial charge is 0.225 e. The first-order chi connectivity index (χ1) is 13.8. The summed E-state index contributed by atoms with van der Waals surface area (Å²) in [5, 5.41) is 3.29. The van der Waals surface area contributed by atoms with Crippen LogP contribution in [-0.2, 0) is 4.79 Å². The van der Waals surface area contributed by atoms with E-state index in [1.165, 1.54) is 32.1 Å². The SMILES string of the molecule is O=C(NCCCN1CCN(c2ncccn2)CC1)C1C2CC3CC(C2)CC1C3. The van der Waals surface area contributed by atoms with Gasteiger partial charge in [-0.15, -0.1) is 0 Å². The Morgan fingerprint density at radius 3 is 2.25 bits per heavy atom. The molecule has 1 aromatic rings. The van der Waals surface area contributed by atoms with E-state index in [-0.39, 0.29) is 0 Å². The van der Waals surface area contributed by atoms with Crippen molar-refractivity contribution < 1.29 is 4.79 Å². The normalized spacial score (nSPS) is 34.6. The highest BCUT2D eigenvalue weighted by Gasteiger charge is 2.50. The van der Waals surface area contributed by atoms with Gasteiger partial charge in [0.15, 0.2) is 0 Å². The summed E-state index contributed by atoms with van der Waals surface area (Å²) < 4.78 is 0. The van der Waals surface area contributed by atoms with Crippen LogP contribution in [0.25, 0.3) is 0 Å². The molecule has 1 aliphatic heterocycles. The number of rotatable bonds is 6. The fourth-order valence-electron chi connectivity index (χ4n) is 6.61. The van der Waals surface area contributed by atoms with Crippen molar-refractivity contribution in [3.8, 4) is 0 Å². The van der Waals surface area contributed by atoms with Gasteiger partial charge in [0.25, 0.3) is 0 Å². The number of nitrogens with zero attached hydrogens (tertiary/aromatic N) is 4. The second kappa shape index (κ2) is 7.97. The fraction of sp³-hybridized carbons (Fsp3) is 0.773. The van der Waals surface area contributed by atoms with Crippen LogP contribution in [0.1, 0.15) is 38.5 Å². The minimum Gasteiger partial charge on any atom is -0.356 e. The molecule has 1 N–H and O–H groups in total. The molecule has 4 saturated carbocycles. The molecular weight excluding hydrogens is 350 g/mol. The molecule has 0 spiro atoms. The van der Waals surface area contributed by atoms with E-state index in [0.29, 0.717) is 23.7 Å². The van der Waals surface area contributed by atoms with Crippen molar-refractivity contribution >= 4 is 11.9 Å². The van der Waals surface area contributed by atoms with E-state index in [2.05, 4.69) is 25.1 Å². The molecule has 6 nitrogen and oxygen atoms in total. The molecule has 6 heteroatoms. The average Bonchev–Trinajstić information content (AvgIpc) is 2.71. The Labute approximate surface area is 168 Å². The van der Waals surface area contributed by atoms with Gasteiger partial charge in [0.2, 0.25) is 11.9 Å². The molecule has 0 radical (unpaired) electrons. The summed E-state index contributed by atoms with van der Waals surface area (Å²) in [6.45, 7) is 5.92. The van der Waals surface area contributed by atoms with Gasteiger partial charge in [0.05, 0.1) is 0 Å². The molecule has 6 rings (SSSR count). The first-order valence-corrected chi connectivity index (χ1v) is 11.3. The average molecular weight is 384 g/mol. The van der Waals surface area contributed by atoms with Crippen molar-refractivity contribution in [1.29, 1.82) is 0 Å². The molecule has 0 aromatic carbocycles. The second-order valence-electron chi connectivity index (χ2n) is 9.48. The van der Waals surface area contributed by atoms with Gasteiger partial charge in [0, 0.05) is 51.0 Å². The molecule has 4 bridgehead atoms. The van der Waals surface area contributed by atoms with E-state index in [0.717, 1.165) is 63.5 Å². The van der Waals surface area contributed by atoms with Crippen LogP contribution < -0.4 is 10.2 Å². The minimum absolute atomic E-state index is 0.321. The zero-order chi connectivity index (χ0) is 18.9. The molecule has 5 fully saturated rings. The summed E-state index contributed by atoms with van der Waals surface area (Å²) in [4.78, 5) is 26.3. The van der Waals surface area contributed by atoms with Gasteiger partial charge in [-0.3, -0.25) is 9.69 Å². The van der Waals surface area contributed by atoms with Gasteiger partial charge < -0.3 is 10.2 Å². The van der Waals surface area contributed by atoms with Crippen LogP contribution in [0.2, 0.25) is 0 Å².